The van der Waals surface area contributed by atoms with Gasteiger partial charge in [-0.2, -0.15) is 0 Å². The number of nitrogen functional groups attached to an aromatic ring is 1. The first kappa shape index (κ1) is 9.13. The van der Waals surface area contributed by atoms with E-state index in [2.05, 4.69) is 10.3 Å². The molecule has 1 rings (SSSR count). The SMILES string of the molecule is CC(C)Nc1nccc(Cl)c1N. The van der Waals surface area contributed by atoms with Crippen LogP contribution in [0.3, 0.4) is 0 Å². The zero-order valence-electron chi connectivity index (χ0n) is 7.13. The highest BCUT2D eigenvalue weighted by molar-refractivity contribution is 6.33. The summed E-state index contributed by atoms with van der Waals surface area (Å²) in [6.45, 7) is 4.03. The van der Waals surface area contributed by atoms with Gasteiger partial charge in [0, 0.05) is 12.2 Å². The molecule has 0 saturated heterocycles. The molecular formula is C8H12ClN3. The third-order valence-corrected chi connectivity index (χ3v) is 1.69. The van der Waals surface area contributed by atoms with E-state index in [4.69, 9.17) is 17.3 Å². The number of hydrogen-bond acceptors (Lipinski definition) is 3. The Kier molecular flexibility index (Phi) is 2.76. The van der Waals surface area contributed by atoms with Crippen LogP contribution >= 0.6 is 11.6 Å². The summed E-state index contributed by atoms with van der Waals surface area (Å²) in [5, 5.41) is 3.63. The van der Waals surface area contributed by atoms with E-state index >= 15 is 0 Å². The van der Waals surface area contributed by atoms with E-state index in [0.717, 1.165) is 0 Å². The van der Waals surface area contributed by atoms with Crippen LogP contribution in [-0.4, -0.2) is 11.0 Å². The molecular weight excluding hydrogens is 174 g/mol. The van der Waals surface area contributed by atoms with Crippen LogP contribution in [-0.2, 0) is 0 Å². The summed E-state index contributed by atoms with van der Waals surface area (Å²) < 4.78 is 0. The van der Waals surface area contributed by atoms with E-state index in [1.54, 1.807) is 12.3 Å². The number of nitrogens with two attached hydrogens (primary N) is 1. The number of nitrogens with zero attached hydrogens (tertiary/aromatic N) is 1. The third-order valence-electron chi connectivity index (χ3n) is 1.36. The molecule has 4 heteroatoms. The molecule has 0 amide bonds. The van der Waals surface area contributed by atoms with Crippen molar-refractivity contribution in [3.8, 4) is 0 Å². The van der Waals surface area contributed by atoms with Crippen LogP contribution in [0.5, 0.6) is 0 Å². The highest BCUT2D eigenvalue weighted by Gasteiger charge is 2.04. The Balaban J connectivity index is 2.92. The lowest BCUT2D eigenvalue weighted by Gasteiger charge is -2.11. The Morgan fingerprint density at radius 2 is 2.25 bits per heavy atom. The molecule has 1 heterocycles. The Labute approximate surface area is 76.9 Å². The van der Waals surface area contributed by atoms with Crippen LogP contribution in [0.4, 0.5) is 11.5 Å². The Bertz CT molecular complexity index is 273. The predicted octanol–water partition coefficient (Wildman–Crippen LogP) is 2.14. The highest BCUT2D eigenvalue weighted by atomic mass is 35.5. The van der Waals surface area contributed by atoms with E-state index in [-0.39, 0.29) is 0 Å². The van der Waals surface area contributed by atoms with E-state index in [9.17, 15) is 0 Å². The topological polar surface area (TPSA) is 50.9 Å². The molecule has 0 aliphatic carbocycles. The van der Waals surface area contributed by atoms with Gasteiger partial charge in [-0.3, -0.25) is 0 Å². The predicted molar refractivity (Wildman–Crippen MR) is 52.4 cm³/mol. The summed E-state index contributed by atoms with van der Waals surface area (Å²) in [5.74, 6) is 0.650. The molecule has 3 nitrogen and oxygen atoms in total. The summed E-state index contributed by atoms with van der Waals surface area (Å²) in [4.78, 5) is 4.06. The summed E-state index contributed by atoms with van der Waals surface area (Å²) in [5.41, 5.74) is 6.18. The fraction of sp³-hybridized carbons (Fsp3) is 0.375. The molecule has 0 atom stereocenters. The first-order valence-corrected chi connectivity index (χ1v) is 4.15. The molecule has 0 bridgehead atoms. The Hall–Kier alpha value is -0.960. The maximum atomic E-state index is 5.79. The Morgan fingerprint density at radius 1 is 1.58 bits per heavy atom. The minimum absolute atomic E-state index is 0.304. The quantitative estimate of drug-likeness (QED) is 0.742. The highest BCUT2D eigenvalue weighted by Crippen LogP contribution is 2.24. The summed E-state index contributed by atoms with van der Waals surface area (Å²) in [6, 6.07) is 1.97. The number of pyridine rings is 1. The van der Waals surface area contributed by atoms with Gasteiger partial charge in [0.2, 0.25) is 0 Å². The van der Waals surface area contributed by atoms with E-state index in [1.165, 1.54) is 0 Å². The first-order valence-electron chi connectivity index (χ1n) is 3.77. The second kappa shape index (κ2) is 3.63. The molecule has 12 heavy (non-hydrogen) atoms. The number of halogens is 1. The van der Waals surface area contributed by atoms with Gasteiger partial charge < -0.3 is 11.1 Å². The monoisotopic (exact) mass is 185 g/mol. The van der Waals surface area contributed by atoms with Crippen LogP contribution in [0.1, 0.15) is 13.8 Å². The fourth-order valence-corrected chi connectivity index (χ4v) is 0.984. The first-order chi connectivity index (χ1) is 5.61. The lowest BCUT2D eigenvalue weighted by molar-refractivity contribution is 0.890. The van der Waals surface area contributed by atoms with Gasteiger partial charge in [0.1, 0.15) is 0 Å². The standard InChI is InChI=1S/C8H12ClN3/c1-5(2)12-8-7(10)6(9)3-4-11-8/h3-5H,10H2,1-2H3,(H,11,12). The van der Waals surface area contributed by atoms with Gasteiger partial charge >= 0.3 is 0 Å². The third kappa shape index (κ3) is 2.01. The fourth-order valence-electron chi connectivity index (χ4n) is 0.838. The van der Waals surface area contributed by atoms with Gasteiger partial charge in [-0.15, -0.1) is 0 Å². The zero-order valence-corrected chi connectivity index (χ0v) is 7.89. The summed E-state index contributed by atoms with van der Waals surface area (Å²) in [7, 11) is 0. The van der Waals surface area contributed by atoms with E-state index in [0.29, 0.717) is 22.6 Å². The van der Waals surface area contributed by atoms with Gasteiger partial charge in [0.15, 0.2) is 5.82 Å². The molecule has 1 aromatic rings. The molecule has 0 radical (unpaired) electrons. The Morgan fingerprint density at radius 3 is 2.83 bits per heavy atom. The van der Waals surface area contributed by atoms with Gasteiger partial charge in [-0.1, -0.05) is 11.6 Å². The van der Waals surface area contributed by atoms with Crippen molar-refractivity contribution in [2.45, 2.75) is 19.9 Å². The van der Waals surface area contributed by atoms with Crippen molar-refractivity contribution >= 4 is 23.1 Å². The zero-order chi connectivity index (χ0) is 9.14. The van der Waals surface area contributed by atoms with Crippen LogP contribution in [0, 0.1) is 0 Å². The largest absolute Gasteiger partial charge is 0.395 e. The lowest BCUT2D eigenvalue weighted by Crippen LogP contribution is -2.12. The van der Waals surface area contributed by atoms with Crippen LogP contribution in [0.25, 0.3) is 0 Å². The molecule has 0 aromatic carbocycles. The minimum atomic E-state index is 0.304. The number of aromatic nitrogens is 1. The molecule has 3 N–H and O–H groups in total. The molecule has 1 aromatic heterocycles. The average molecular weight is 186 g/mol. The smallest absolute Gasteiger partial charge is 0.150 e. The van der Waals surface area contributed by atoms with Crippen molar-refractivity contribution in [3.63, 3.8) is 0 Å². The number of anilines is 2. The number of hydrogen-bond donors (Lipinski definition) is 2. The second-order valence-electron chi connectivity index (χ2n) is 2.85. The molecule has 66 valence electrons. The normalized spacial score (nSPS) is 10.3. The molecule has 0 aliphatic heterocycles. The van der Waals surface area contributed by atoms with Crippen molar-refractivity contribution in [3.05, 3.63) is 17.3 Å². The van der Waals surface area contributed by atoms with Gasteiger partial charge in [0.05, 0.1) is 10.7 Å². The molecule has 0 spiro atoms. The van der Waals surface area contributed by atoms with Crippen molar-refractivity contribution in [1.82, 2.24) is 4.98 Å². The average Bonchev–Trinajstić information content (AvgIpc) is 1.98. The number of rotatable bonds is 2. The van der Waals surface area contributed by atoms with E-state index < -0.39 is 0 Å². The number of nitrogens with one attached hydrogen (secondary N) is 1. The second-order valence-corrected chi connectivity index (χ2v) is 3.26. The summed E-state index contributed by atoms with van der Waals surface area (Å²) in [6.07, 6.45) is 1.63. The van der Waals surface area contributed by atoms with Crippen LogP contribution in [0.15, 0.2) is 12.3 Å². The maximum absolute atomic E-state index is 5.79. The van der Waals surface area contributed by atoms with Crippen LogP contribution in [0.2, 0.25) is 5.02 Å². The molecule has 0 unspecified atom stereocenters. The van der Waals surface area contributed by atoms with Crippen molar-refractivity contribution in [1.29, 1.82) is 0 Å². The van der Waals surface area contributed by atoms with Crippen molar-refractivity contribution in [2.24, 2.45) is 0 Å². The molecule has 0 aliphatic rings. The van der Waals surface area contributed by atoms with Gasteiger partial charge in [-0.25, -0.2) is 4.98 Å². The van der Waals surface area contributed by atoms with Crippen molar-refractivity contribution in [2.75, 3.05) is 11.1 Å². The molecule has 0 fully saturated rings. The maximum Gasteiger partial charge on any atom is 0.150 e. The van der Waals surface area contributed by atoms with Gasteiger partial charge in [-0.05, 0) is 19.9 Å². The van der Waals surface area contributed by atoms with Gasteiger partial charge in [0.25, 0.3) is 0 Å². The molecule has 0 saturated carbocycles. The lowest BCUT2D eigenvalue weighted by atomic mass is 10.3. The van der Waals surface area contributed by atoms with Crippen molar-refractivity contribution < 1.29 is 0 Å². The van der Waals surface area contributed by atoms with E-state index in [1.807, 2.05) is 13.8 Å². The minimum Gasteiger partial charge on any atom is -0.395 e. The van der Waals surface area contributed by atoms with Crippen LogP contribution < -0.4 is 11.1 Å². The summed E-state index contributed by atoms with van der Waals surface area (Å²) >= 11 is 5.79.